The minimum Gasteiger partial charge on any atom is -0.507 e. The lowest BCUT2D eigenvalue weighted by Crippen LogP contribution is -2.23. The molecule has 0 aliphatic heterocycles. The first-order chi connectivity index (χ1) is 27.1. The topological polar surface area (TPSA) is 95.6 Å². The second-order valence-corrected chi connectivity index (χ2v) is 15.8. The van der Waals surface area contributed by atoms with Crippen molar-refractivity contribution in [2.45, 2.75) is 152 Å². The van der Waals surface area contributed by atoms with Crippen molar-refractivity contribution >= 4 is 21.9 Å². The van der Waals surface area contributed by atoms with E-state index >= 15 is 0 Å². The minimum absolute atomic E-state index is 0.106. The number of hydrogen-bond acceptors (Lipinski definition) is 8. The van der Waals surface area contributed by atoms with E-state index in [9.17, 15) is 15.0 Å². The van der Waals surface area contributed by atoms with Crippen LogP contribution in [0, 0.1) is 0 Å². The summed E-state index contributed by atoms with van der Waals surface area (Å²) in [6, 6.07) is 3.52. The summed E-state index contributed by atoms with van der Waals surface area (Å²) < 4.78 is 19.2. The molecule has 0 radical (unpaired) electrons. The predicted molar refractivity (Wildman–Crippen MR) is 236 cm³/mol. The van der Waals surface area contributed by atoms with E-state index in [2.05, 4.69) is 37.5 Å². The first-order valence-corrected chi connectivity index (χ1v) is 22.0. The van der Waals surface area contributed by atoms with Crippen LogP contribution in [-0.4, -0.2) is 72.5 Å². The van der Waals surface area contributed by atoms with Crippen LogP contribution in [0.1, 0.15) is 149 Å². The molecular weight excluding hydrogens is 701 g/mol. The highest BCUT2D eigenvalue weighted by molar-refractivity contribution is 5.97. The van der Waals surface area contributed by atoms with Crippen molar-refractivity contribution in [3.05, 3.63) is 62.3 Å². The average molecular weight is 777 g/mol. The van der Waals surface area contributed by atoms with E-state index < -0.39 is 0 Å². The average Bonchev–Trinajstić information content (AvgIpc) is 3.17. The Morgan fingerprint density at radius 1 is 0.607 bits per heavy atom. The summed E-state index contributed by atoms with van der Waals surface area (Å²) in [6.07, 6.45) is 18.7. The molecule has 314 valence electrons. The van der Waals surface area contributed by atoms with Gasteiger partial charge in [0.1, 0.15) is 33.8 Å². The van der Waals surface area contributed by atoms with Crippen LogP contribution >= 0.6 is 0 Å². The molecule has 0 amide bonds. The predicted octanol–water partition coefficient (Wildman–Crippen LogP) is 11.3. The fourth-order valence-corrected chi connectivity index (χ4v) is 7.46. The Labute approximate surface area is 338 Å². The third kappa shape index (κ3) is 14.6. The van der Waals surface area contributed by atoms with Gasteiger partial charge in [0.25, 0.3) is 0 Å². The second kappa shape index (κ2) is 25.8. The lowest BCUT2D eigenvalue weighted by atomic mass is 9.95. The number of phenols is 1. The van der Waals surface area contributed by atoms with Gasteiger partial charge >= 0.3 is 0 Å². The molecule has 0 unspecified atom stereocenters. The Morgan fingerprint density at radius 3 is 1.46 bits per heavy atom. The molecule has 0 fully saturated rings. The van der Waals surface area contributed by atoms with E-state index in [-0.39, 0.29) is 28.8 Å². The molecule has 0 saturated carbocycles. The lowest BCUT2D eigenvalue weighted by molar-refractivity contribution is 0.258. The van der Waals surface area contributed by atoms with Crippen LogP contribution in [0.2, 0.25) is 0 Å². The molecule has 8 heteroatoms. The second-order valence-electron chi connectivity index (χ2n) is 15.8. The number of hydrogen-bond donors (Lipinski definition) is 2. The van der Waals surface area contributed by atoms with Gasteiger partial charge in [-0.05, 0) is 111 Å². The Kier molecular flexibility index (Phi) is 21.7. The van der Waals surface area contributed by atoms with Gasteiger partial charge in [-0.25, -0.2) is 0 Å². The van der Waals surface area contributed by atoms with Gasteiger partial charge < -0.3 is 33.9 Å². The number of rotatable bonds is 29. The van der Waals surface area contributed by atoms with Crippen LogP contribution < -0.4 is 14.9 Å². The smallest absolute Gasteiger partial charge is 0.204 e. The largest absolute Gasteiger partial charge is 0.507 e. The van der Waals surface area contributed by atoms with Crippen molar-refractivity contribution in [3.63, 3.8) is 0 Å². The van der Waals surface area contributed by atoms with Crippen molar-refractivity contribution in [3.8, 4) is 17.2 Å². The van der Waals surface area contributed by atoms with E-state index in [0.29, 0.717) is 65.2 Å². The molecule has 0 saturated heterocycles. The minimum atomic E-state index is -0.316. The molecular formula is C48H76N2O6. The molecule has 2 aromatic carbocycles. The highest BCUT2D eigenvalue weighted by Gasteiger charge is 2.24. The molecule has 8 nitrogen and oxygen atoms in total. The highest BCUT2D eigenvalue weighted by atomic mass is 16.5. The van der Waals surface area contributed by atoms with Crippen LogP contribution in [0.5, 0.6) is 17.2 Å². The van der Waals surface area contributed by atoms with Gasteiger partial charge in [-0.15, -0.1) is 0 Å². The van der Waals surface area contributed by atoms with Crippen LogP contribution in [0.25, 0.3) is 21.9 Å². The molecule has 1 aromatic heterocycles. The molecule has 0 aliphatic rings. The maximum Gasteiger partial charge on any atom is 0.204 e. The van der Waals surface area contributed by atoms with Gasteiger partial charge in [0.05, 0.1) is 25.2 Å². The molecule has 0 atom stereocenters. The number of phenolic OH excluding ortho intramolecular Hbond substituents is 1. The normalized spacial score (nSPS) is 11.6. The lowest BCUT2D eigenvalue weighted by Gasteiger charge is -2.18. The maximum absolute atomic E-state index is 14.5. The van der Waals surface area contributed by atoms with Crippen molar-refractivity contribution in [1.82, 2.24) is 9.80 Å². The van der Waals surface area contributed by atoms with Gasteiger partial charge in [-0.1, -0.05) is 102 Å². The van der Waals surface area contributed by atoms with Crippen LogP contribution in [-0.2, 0) is 19.4 Å². The number of fused-ring (bicyclic) bond motifs is 2. The van der Waals surface area contributed by atoms with Gasteiger partial charge in [-0.3, -0.25) is 4.79 Å². The van der Waals surface area contributed by atoms with Crippen molar-refractivity contribution < 1.29 is 24.1 Å². The monoisotopic (exact) mass is 777 g/mol. The van der Waals surface area contributed by atoms with Crippen molar-refractivity contribution in [1.29, 1.82) is 0 Å². The number of ether oxygens (including phenoxy) is 2. The molecule has 0 spiro atoms. The summed E-state index contributed by atoms with van der Waals surface area (Å²) in [6.45, 7) is 24.5. The van der Waals surface area contributed by atoms with Gasteiger partial charge in [0.2, 0.25) is 5.43 Å². The molecule has 0 bridgehead atoms. The van der Waals surface area contributed by atoms with E-state index in [0.717, 1.165) is 63.0 Å². The number of allylic oxidation sites excluding steroid dienone is 4. The number of unbranched alkanes of at least 4 members (excludes halogenated alkanes) is 10. The summed E-state index contributed by atoms with van der Waals surface area (Å²) in [7, 11) is 0. The zero-order valence-electron chi connectivity index (χ0n) is 36.5. The van der Waals surface area contributed by atoms with Crippen LogP contribution in [0.15, 0.2) is 44.6 Å². The summed E-state index contributed by atoms with van der Waals surface area (Å²) in [5.41, 5.74) is 4.39. The van der Waals surface area contributed by atoms with E-state index in [1.165, 1.54) is 64.5 Å². The zero-order valence-corrected chi connectivity index (χ0v) is 36.5. The Hall–Kier alpha value is -3.33. The van der Waals surface area contributed by atoms with Gasteiger partial charge in [0.15, 0.2) is 0 Å². The zero-order chi connectivity index (χ0) is 40.9. The van der Waals surface area contributed by atoms with E-state index in [4.69, 9.17) is 13.9 Å². The quantitative estimate of drug-likeness (QED) is 0.0409. The summed E-state index contributed by atoms with van der Waals surface area (Å²) >= 11 is 0. The van der Waals surface area contributed by atoms with Crippen LogP contribution in [0.4, 0.5) is 0 Å². The number of benzene rings is 2. The highest BCUT2D eigenvalue weighted by Crippen LogP contribution is 2.39. The number of aromatic hydroxyl groups is 1. The van der Waals surface area contributed by atoms with E-state index in [1.54, 1.807) is 12.1 Å². The number of aliphatic hydroxyl groups excluding tert-OH is 1. The molecule has 0 aliphatic carbocycles. The number of aliphatic hydroxyl groups is 1. The molecule has 56 heavy (non-hydrogen) atoms. The summed E-state index contributed by atoms with van der Waals surface area (Å²) in [4.78, 5) is 19.4. The van der Waals surface area contributed by atoms with Crippen LogP contribution in [0.3, 0.4) is 0 Å². The number of nitrogens with zero attached hydrogens (tertiary/aromatic N) is 2. The Bertz CT molecular complexity index is 1730. The molecule has 1 heterocycles. The van der Waals surface area contributed by atoms with Gasteiger partial charge in [0, 0.05) is 23.3 Å². The molecule has 3 aromatic rings. The fourth-order valence-electron chi connectivity index (χ4n) is 7.46. The first kappa shape index (κ1) is 47.0. The SMILES string of the molecule is CCN(CC)CCCCCCCCOc1cc2oc3cc(OCCCCCCCCN(CC)CC)c(CO)c(CC=C(C)C)c3c(=O)c2c(O)c1CC=C(C)C. The van der Waals surface area contributed by atoms with Crippen molar-refractivity contribution in [2.24, 2.45) is 0 Å². The van der Waals surface area contributed by atoms with Gasteiger partial charge in [-0.2, -0.15) is 0 Å². The third-order valence-corrected chi connectivity index (χ3v) is 11.1. The maximum atomic E-state index is 14.5. The Morgan fingerprint density at radius 2 is 1.02 bits per heavy atom. The standard InChI is InChI=1S/C48H76N2O6/c1-9-49(10-2)29-21-17-13-15-19-23-31-54-41-33-44-46(47(52)39(41)28-26-37(7)8)48(53)45-38(27-25-36(5)6)40(35-51)42(34-43(45)56-44)55-32-24-20-16-14-18-22-30-50(11-3)12-4/h25-26,33-34,51-52H,9-24,27-32,35H2,1-8H3. The molecule has 3 rings (SSSR count). The van der Waals surface area contributed by atoms with E-state index in [1.807, 2.05) is 39.8 Å². The third-order valence-electron chi connectivity index (χ3n) is 11.1. The first-order valence-electron chi connectivity index (χ1n) is 22.0. The Balaban J connectivity index is 1.85. The fraction of sp³-hybridized carbons (Fsp3) is 0.646. The van der Waals surface area contributed by atoms with Crippen molar-refractivity contribution in [2.75, 3.05) is 52.5 Å². The summed E-state index contributed by atoms with van der Waals surface area (Å²) in [5.74, 6) is 0.967. The summed E-state index contributed by atoms with van der Waals surface area (Å²) in [5, 5.41) is 23.0. The molecule has 2 N–H and O–H groups in total.